The molecule has 1 amide bonds. The first-order valence-electron chi connectivity index (χ1n) is 5.42. The Morgan fingerprint density at radius 3 is 2.40 bits per heavy atom. The molecule has 0 aliphatic heterocycles. The normalized spacial score (nSPS) is 14.7. The first kappa shape index (κ1) is 14.4. The maximum Gasteiger partial charge on any atom is 0.220 e. The Balaban J connectivity index is 4.19. The van der Waals surface area contributed by atoms with E-state index in [2.05, 4.69) is 19.2 Å². The Bertz CT molecular complexity index is 241. The highest BCUT2D eigenvalue weighted by Gasteiger charge is 2.27. The summed E-state index contributed by atoms with van der Waals surface area (Å²) in [5.41, 5.74) is 5.06. The van der Waals surface area contributed by atoms with Crippen molar-refractivity contribution in [3.05, 3.63) is 0 Å². The molecule has 1 unspecified atom stereocenters. The number of rotatable bonds is 6. The summed E-state index contributed by atoms with van der Waals surface area (Å²) < 4.78 is 0. The Labute approximate surface area is 97.8 Å². The second-order valence-corrected chi connectivity index (χ2v) is 4.97. The van der Waals surface area contributed by atoms with Gasteiger partial charge in [-0.2, -0.15) is 0 Å². The summed E-state index contributed by atoms with van der Waals surface area (Å²) in [5.74, 6) is 0.564. The minimum atomic E-state index is -0.538. The second-order valence-electron chi connectivity index (χ2n) is 4.53. The van der Waals surface area contributed by atoms with Gasteiger partial charge in [0.1, 0.15) is 0 Å². The van der Waals surface area contributed by atoms with E-state index in [0.29, 0.717) is 17.3 Å². The van der Waals surface area contributed by atoms with Gasteiger partial charge >= 0.3 is 0 Å². The Hall–Kier alpha value is -0.640. The zero-order valence-electron chi connectivity index (χ0n) is 10.1. The number of thiocarbonyl (C=S) groups is 1. The minimum absolute atomic E-state index is 0.0286. The summed E-state index contributed by atoms with van der Waals surface area (Å²) in [4.78, 5) is 12.0. The summed E-state index contributed by atoms with van der Waals surface area (Å²) in [6.45, 7) is 8.02. The van der Waals surface area contributed by atoms with Crippen LogP contribution in [0, 0.1) is 5.92 Å². The third-order valence-electron chi connectivity index (χ3n) is 2.61. The van der Waals surface area contributed by atoms with Crippen molar-refractivity contribution in [2.24, 2.45) is 11.7 Å². The Kier molecular flexibility index (Phi) is 5.80. The molecule has 0 aliphatic rings. The second kappa shape index (κ2) is 6.05. The van der Waals surface area contributed by atoms with Gasteiger partial charge in [0, 0.05) is 6.42 Å². The summed E-state index contributed by atoms with van der Waals surface area (Å²) in [7, 11) is 0. The highest BCUT2D eigenvalue weighted by atomic mass is 32.1. The van der Waals surface area contributed by atoms with E-state index in [-0.39, 0.29) is 5.91 Å². The van der Waals surface area contributed by atoms with Crippen molar-refractivity contribution in [2.75, 3.05) is 0 Å². The van der Waals surface area contributed by atoms with Crippen LogP contribution in [0.3, 0.4) is 0 Å². The van der Waals surface area contributed by atoms with Crippen LogP contribution in [0.25, 0.3) is 0 Å². The topological polar surface area (TPSA) is 55.1 Å². The molecule has 15 heavy (non-hydrogen) atoms. The fraction of sp³-hybridized carbons (Fsp3) is 0.818. The molecule has 0 aromatic heterocycles. The van der Waals surface area contributed by atoms with Gasteiger partial charge in [0.05, 0.1) is 10.5 Å². The van der Waals surface area contributed by atoms with Crippen LogP contribution < -0.4 is 11.1 Å². The van der Waals surface area contributed by atoms with Gasteiger partial charge in [0.15, 0.2) is 0 Å². The van der Waals surface area contributed by atoms with Crippen molar-refractivity contribution in [1.82, 2.24) is 5.32 Å². The molecule has 0 aliphatic carbocycles. The minimum Gasteiger partial charge on any atom is -0.391 e. The predicted molar refractivity (Wildman–Crippen MR) is 67.7 cm³/mol. The molecular formula is C11H22N2OS. The van der Waals surface area contributed by atoms with Crippen LogP contribution in [-0.2, 0) is 4.79 Å². The monoisotopic (exact) mass is 230 g/mol. The van der Waals surface area contributed by atoms with Gasteiger partial charge in [-0.15, -0.1) is 0 Å². The number of hydrogen-bond acceptors (Lipinski definition) is 2. The van der Waals surface area contributed by atoms with E-state index in [1.54, 1.807) is 0 Å². The average molecular weight is 230 g/mol. The maximum absolute atomic E-state index is 11.6. The van der Waals surface area contributed by atoms with E-state index in [0.717, 1.165) is 12.8 Å². The molecule has 88 valence electrons. The molecular weight excluding hydrogens is 208 g/mol. The van der Waals surface area contributed by atoms with E-state index in [4.69, 9.17) is 18.0 Å². The standard InChI is InChI=1S/C11H22N2OS/c1-5-11(4,10(12)15)13-9(14)7-6-8(2)3/h8H,5-7H2,1-4H3,(H2,12,15)(H,13,14). The quantitative estimate of drug-likeness (QED) is 0.686. The molecule has 0 fully saturated rings. The van der Waals surface area contributed by atoms with Crippen molar-refractivity contribution in [2.45, 2.75) is 52.5 Å². The van der Waals surface area contributed by atoms with Crippen LogP contribution in [-0.4, -0.2) is 16.4 Å². The lowest BCUT2D eigenvalue weighted by Gasteiger charge is -2.28. The van der Waals surface area contributed by atoms with E-state index in [9.17, 15) is 4.79 Å². The smallest absolute Gasteiger partial charge is 0.220 e. The van der Waals surface area contributed by atoms with Crippen LogP contribution in [0.1, 0.15) is 47.0 Å². The summed E-state index contributed by atoms with van der Waals surface area (Å²) in [5, 5.41) is 2.89. The molecule has 0 spiro atoms. The van der Waals surface area contributed by atoms with Crippen LogP contribution >= 0.6 is 12.2 Å². The van der Waals surface area contributed by atoms with Crippen LogP contribution in [0.4, 0.5) is 0 Å². The molecule has 0 heterocycles. The van der Waals surface area contributed by atoms with E-state index in [1.165, 1.54) is 0 Å². The van der Waals surface area contributed by atoms with E-state index >= 15 is 0 Å². The van der Waals surface area contributed by atoms with Gasteiger partial charge in [-0.1, -0.05) is 33.0 Å². The molecule has 0 rings (SSSR count). The van der Waals surface area contributed by atoms with Gasteiger partial charge < -0.3 is 11.1 Å². The SMILES string of the molecule is CCC(C)(NC(=O)CCC(C)C)C(N)=S. The molecule has 0 radical (unpaired) electrons. The van der Waals surface area contributed by atoms with Crippen molar-refractivity contribution < 1.29 is 4.79 Å². The number of carbonyl (C=O) groups is 1. The number of nitrogens with two attached hydrogens (primary N) is 1. The molecule has 0 aromatic rings. The first-order chi connectivity index (χ1) is 6.81. The number of amides is 1. The highest BCUT2D eigenvalue weighted by molar-refractivity contribution is 7.80. The number of nitrogens with one attached hydrogen (secondary N) is 1. The molecule has 1 atom stereocenters. The van der Waals surface area contributed by atoms with Gasteiger partial charge in [-0.25, -0.2) is 0 Å². The van der Waals surface area contributed by atoms with Crippen molar-refractivity contribution in [3.8, 4) is 0 Å². The first-order valence-corrected chi connectivity index (χ1v) is 5.83. The number of hydrogen-bond donors (Lipinski definition) is 2. The third kappa shape index (κ3) is 5.11. The largest absolute Gasteiger partial charge is 0.391 e. The highest BCUT2D eigenvalue weighted by Crippen LogP contribution is 2.11. The average Bonchev–Trinajstić information content (AvgIpc) is 2.14. The van der Waals surface area contributed by atoms with Crippen molar-refractivity contribution >= 4 is 23.1 Å². The maximum atomic E-state index is 11.6. The molecule has 3 nitrogen and oxygen atoms in total. The fourth-order valence-corrected chi connectivity index (χ4v) is 1.31. The molecule has 4 heteroatoms. The molecule has 0 bridgehead atoms. The molecule has 0 saturated heterocycles. The lowest BCUT2D eigenvalue weighted by molar-refractivity contribution is -0.122. The van der Waals surface area contributed by atoms with Crippen molar-refractivity contribution in [3.63, 3.8) is 0 Å². The van der Waals surface area contributed by atoms with Gasteiger partial charge in [-0.05, 0) is 25.7 Å². The van der Waals surface area contributed by atoms with Gasteiger partial charge in [0.25, 0.3) is 0 Å². The zero-order valence-corrected chi connectivity index (χ0v) is 10.9. The summed E-state index contributed by atoms with van der Waals surface area (Å²) in [6, 6.07) is 0. The summed E-state index contributed by atoms with van der Waals surface area (Å²) >= 11 is 4.95. The Morgan fingerprint density at radius 1 is 1.53 bits per heavy atom. The molecule has 0 aromatic carbocycles. The molecule has 3 N–H and O–H groups in total. The van der Waals surface area contributed by atoms with Gasteiger partial charge in [0.2, 0.25) is 5.91 Å². The predicted octanol–water partition coefficient (Wildman–Crippen LogP) is 1.99. The van der Waals surface area contributed by atoms with Crippen molar-refractivity contribution in [1.29, 1.82) is 0 Å². The number of carbonyl (C=O) groups excluding carboxylic acids is 1. The van der Waals surface area contributed by atoms with Crippen LogP contribution in [0.2, 0.25) is 0 Å². The lowest BCUT2D eigenvalue weighted by atomic mass is 9.98. The van der Waals surface area contributed by atoms with E-state index in [1.807, 2.05) is 13.8 Å². The fourth-order valence-electron chi connectivity index (χ4n) is 1.11. The van der Waals surface area contributed by atoms with Gasteiger partial charge in [-0.3, -0.25) is 4.79 Å². The van der Waals surface area contributed by atoms with E-state index < -0.39 is 5.54 Å². The summed E-state index contributed by atoms with van der Waals surface area (Å²) in [6.07, 6.45) is 2.15. The lowest BCUT2D eigenvalue weighted by Crippen LogP contribution is -2.54. The van der Waals surface area contributed by atoms with Crippen LogP contribution in [0.5, 0.6) is 0 Å². The third-order valence-corrected chi connectivity index (χ3v) is 3.07. The molecule has 0 saturated carbocycles. The zero-order chi connectivity index (χ0) is 12.1. The van der Waals surface area contributed by atoms with Crippen LogP contribution in [0.15, 0.2) is 0 Å². The Morgan fingerprint density at radius 2 is 2.07 bits per heavy atom.